The topological polar surface area (TPSA) is 65.0 Å². The Morgan fingerprint density at radius 3 is 0.777 bits per heavy atom. The molecule has 148 heavy (non-hydrogen) atoms. The Bertz CT molecular complexity index is 8020. The molecule has 14 aromatic carbocycles. The van der Waals surface area contributed by atoms with Gasteiger partial charge < -0.3 is 28.4 Å². The van der Waals surface area contributed by atoms with Gasteiger partial charge in [-0.25, -0.2) is 9.97 Å². The van der Waals surface area contributed by atoms with Crippen LogP contribution >= 0.6 is 0 Å². The van der Waals surface area contributed by atoms with Crippen molar-refractivity contribution in [1.82, 2.24) is 9.97 Å². The SMILES string of the molecule is CC(C)(C)c1ccc(-c2ccc(-c3nc4cc5c(cc4o3)B3c4cc(C(C)(C)C)ccc4N(c4ccc(C(C)(C)C)cc4)c4cc(C(C)(C)C)cc(c43)N5c3ccc4c(c3)C(C)(C)CCC4(C)C)cc2)cc1.CC(C)(C)c1ccc(-c2ccc(-c3nc4cc5c(cc4o3)B3c4cc6c(cc4N(c4ccc7c(c4)C(C)(C)CCC7(C)C)c4cc(C(C)(C)C)cc(c43)N5c3ccc(C(C)(C)C)cc3)C(C)(C)CCC6(C)C)cc2)cc1. The van der Waals surface area contributed by atoms with Crippen LogP contribution in [0.25, 0.3) is 67.4 Å². The zero-order chi connectivity index (χ0) is 105. The number of fused-ring (bicyclic) bond motifs is 13. The van der Waals surface area contributed by atoms with E-state index in [9.17, 15) is 0 Å². The molecule has 2 aromatic heterocycles. The summed E-state index contributed by atoms with van der Waals surface area (Å²) in [6.07, 6.45) is 6.96. The number of aromatic nitrogens is 2. The van der Waals surface area contributed by atoms with E-state index >= 15 is 0 Å². The molecule has 7 aliphatic rings. The van der Waals surface area contributed by atoms with Crippen molar-refractivity contribution in [3.8, 4) is 45.2 Å². The smallest absolute Gasteiger partial charge is 0.252 e. The number of anilines is 12. The van der Waals surface area contributed by atoms with Crippen LogP contribution < -0.4 is 52.4 Å². The van der Waals surface area contributed by atoms with E-state index in [-0.39, 0.29) is 83.8 Å². The standard InChI is InChI=1S/C71H80BN3O.C67H74BN3O/c1-65(2,3)46-24-22-44(23-25-46)43-18-20-45(21-19-43)64-73-57-42-59-56(41-62(57)76-64)72-55-39-53-54(71(16,17)35-34-70(53,14)15)40-58(55)75(50-30-31-51-52(38-50)69(12,13)33-32-68(51,10)11)61-37-48(67(7,8)9)36-60(63(61)72)74(59)49-28-26-47(27-29-49)66(4,5)6;1-62(2,3)44-23-21-42(22-24-44)41-17-19-43(20-18-41)61-69-54-40-56-53(39-59(54)72-61)68-52-35-46(64(7,8)9)27-32-55(52)70(48-28-25-45(26-29-48)63(4,5)6)57-36-47(65(10,11)12)37-58(60(57)68)71(56)49-30-31-50-51(38-49)67(15,16)34-33-66(50,13)14/h18-31,36-42H,32-35H2,1-17H3;17-32,35-40H,33-34H2,1-16H3. The quantitative estimate of drug-likeness (QED) is 0.139. The summed E-state index contributed by atoms with van der Waals surface area (Å²) in [4.78, 5) is 21.1. The fourth-order valence-electron chi connectivity index (χ4n) is 25.2. The molecule has 16 aromatic rings. The zero-order valence-electron chi connectivity index (χ0n) is 94.7. The fourth-order valence-corrected chi connectivity index (χ4v) is 25.2. The maximum absolute atomic E-state index is 6.98. The Morgan fingerprint density at radius 1 is 0.209 bits per heavy atom. The van der Waals surface area contributed by atoms with Crippen molar-refractivity contribution in [1.29, 1.82) is 0 Å². The highest BCUT2D eigenvalue weighted by atomic mass is 16.4. The molecule has 754 valence electrons. The van der Waals surface area contributed by atoms with Gasteiger partial charge in [-0.15, -0.1) is 0 Å². The number of nitrogens with zero attached hydrogens (tertiary/aromatic N) is 6. The van der Waals surface area contributed by atoms with Crippen molar-refractivity contribution in [3.05, 3.63) is 333 Å². The van der Waals surface area contributed by atoms with Crippen LogP contribution in [0.1, 0.15) is 339 Å². The second-order valence-electron chi connectivity index (χ2n) is 56.0. The first-order valence-corrected chi connectivity index (χ1v) is 54.9. The van der Waals surface area contributed by atoms with E-state index in [0.717, 1.165) is 81.8 Å². The van der Waals surface area contributed by atoms with Gasteiger partial charge in [-0.2, -0.15) is 0 Å². The van der Waals surface area contributed by atoms with Crippen molar-refractivity contribution in [2.45, 2.75) is 337 Å². The molecule has 3 aliphatic carbocycles. The number of benzene rings is 14. The van der Waals surface area contributed by atoms with Gasteiger partial charge >= 0.3 is 0 Å². The van der Waals surface area contributed by atoms with Crippen LogP contribution in [0.2, 0.25) is 0 Å². The summed E-state index contributed by atoms with van der Waals surface area (Å²) < 4.78 is 13.9. The lowest BCUT2D eigenvalue weighted by Gasteiger charge is -2.48. The third kappa shape index (κ3) is 17.1. The summed E-state index contributed by atoms with van der Waals surface area (Å²) in [6.45, 7) is 77.9. The second-order valence-corrected chi connectivity index (χ2v) is 56.0. The molecule has 4 aliphatic heterocycles. The van der Waals surface area contributed by atoms with Crippen LogP contribution in [0.5, 0.6) is 0 Å². The van der Waals surface area contributed by atoms with Crippen molar-refractivity contribution in [2.75, 3.05) is 19.6 Å². The molecule has 0 spiro atoms. The van der Waals surface area contributed by atoms with E-state index < -0.39 is 0 Å². The van der Waals surface area contributed by atoms with E-state index in [0.29, 0.717) is 11.8 Å². The molecular formula is C138H154B2N6O2. The molecule has 0 N–H and O–H groups in total. The molecule has 0 unspecified atom stereocenters. The maximum Gasteiger partial charge on any atom is 0.252 e. The highest BCUT2D eigenvalue weighted by molar-refractivity contribution is 7.01. The van der Waals surface area contributed by atoms with Gasteiger partial charge in [0.15, 0.2) is 11.2 Å². The lowest BCUT2D eigenvalue weighted by Crippen LogP contribution is -2.62. The Hall–Kier alpha value is -12.7. The number of rotatable bonds is 8. The zero-order valence-corrected chi connectivity index (χ0v) is 94.7. The average molecular weight is 1950 g/mol. The van der Waals surface area contributed by atoms with Crippen LogP contribution in [0.15, 0.2) is 270 Å². The highest BCUT2D eigenvalue weighted by Crippen LogP contribution is 2.58. The Kier molecular flexibility index (Phi) is 22.9. The van der Waals surface area contributed by atoms with Gasteiger partial charge in [0.05, 0.1) is 0 Å². The van der Waals surface area contributed by atoms with Crippen LogP contribution in [0.3, 0.4) is 0 Å². The normalized spacial score (nSPS) is 17.0. The fraction of sp³-hybridized carbons (Fsp3) is 0.377. The van der Waals surface area contributed by atoms with E-state index in [4.69, 9.17) is 18.8 Å². The molecule has 0 saturated carbocycles. The van der Waals surface area contributed by atoms with Gasteiger partial charge in [0.25, 0.3) is 13.4 Å². The first-order valence-electron chi connectivity index (χ1n) is 54.9. The van der Waals surface area contributed by atoms with E-state index in [1.54, 1.807) is 0 Å². The first-order chi connectivity index (χ1) is 69.2. The Labute approximate surface area is 884 Å². The third-order valence-electron chi connectivity index (χ3n) is 35.3. The number of hydrogen-bond acceptors (Lipinski definition) is 8. The van der Waals surface area contributed by atoms with Crippen LogP contribution in [0.4, 0.5) is 68.2 Å². The van der Waals surface area contributed by atoms with Gasteiger partial charge in [-0.1, -0.05) is 356 Å². The molecular weight excluding hydrogens is 1800 g/mol. The minimum absolute atomic E-state index is 0.0114. The van der Waals surface area contributed by atoms with Crippen molar-refractivity contribution in [2.24, 2.45) is 0 Å². The minimum atomic E-state index is -0.144. The maximum atomic E-state index is 6.98. The van der Waals surface area contributed by atoms with Crippen molar-refractivity contribution < 1.29 is 8.83 Å². The molecule has 0 atom stereocenters. The molecule has 10 heteroatoms. The molecule has 23 rings (SSSR count). The first kappa shape index (κ1) is 99.9. The molecule has 6 heterocycles. The largest absolute Gasteiger partial charge is 0.436 e. The van der Waals surface area contributed by atoms with Crippen molar-refractivity contribution in [3.63, 3.8) is 0 Å². The van der Waals surface area contributed by atoms with Gasteiger partial charge in [-0.05, 0) is 370 Å². The van der Waals surface area contributed by atoms with E-state index in [1.807, 2.05) is 0 Å². The summed E-state index contributed by atoms with van der Waals surface area (Å²) in [7, 11) is 0. The van der Waals surface area contributed by atoms with Crippen LogP contribution in [0, 0.1) is 0 Å². The monoisotopic (exact) mass is 1950 g/mol. The Balaban J connectivity index is 0.000000168. The molecule has 0 saturated heterocycles. The summed E-state index contributed by atoms with van der Waals surface area (Å²) in [5.74, 6) is 1.26. The van der Waals surface area contributed by atoms with Crippen LogP contribution in [-0.4, -0.2) is 23.4 Å². The van der Waals surface area contributed by atoms with E-state index in [1.165, 1.54) is 186 Å². The van der Waals surface area contributed by atoms with Gasteiger partial charge in [-0.3, -0.25) is 0 Å². The van der Waals surface area contributed by atoms with Gasteiger partial charge in [0.2, 0.25) is 11.8 Å². The highest BCUT2D eigenvalue weighted by Gasteiger charge is 2.52. The molecule has 0 fully saturated rings. The number of oxazole rings is 2. The predicted octanol–water partition coefficient (Wildman–Crippen LogP) is 34.6. The van der Waals surface area contributed by atoms with Crippen molar-refractivity contribution >= 4 is 137 Å². The lowest BCUT2D eigenvalue weighted by atomic mass is 9.33. The predicted molar refractivity (Wildman–Crippen MR) is 635 cm³/mol. The van der Waals surface area contributed by atoms with Crippen LogP contribution in [-0.2, 0) is 70.4 Å². The van der Waals surface area contributed by atoms with E-state index in [2.05, 4.69) is 509 Å². The average Bonchev–Trinajstić information content (AvgIpc) is 0.875. The number of hydrogen-bond donors (Lipinski definition) is 0. The summed E-state index contributed by atoms with van der Waals surface area (Å²) in [5, 5.41) is 0. The van der Waals surface area contributed by atoms with Gasteiger partial charge in [0.1, 0.15) is 11.0 Å². The lowest BCUT2D eigenvalue weighted by molar-refractivity contribution is 0.332. The summed E-state index contributed by atoms with van der Waals surface area (Å²) in [6, 6.07) is 101. The molecule has 0 bridgehead atoms. The Morgan fingerprint density at radius 2 is 0.453 bits per heavy atom. The summed E-state index contributed by atoms with van der Waals surface area (Å²) >= 11 is 0. The minimum Gasteiger partial charge on any atom is -0.436 e. The molecule has 0 amide bonds. The van der Waals surface area contributed by atoms with Gasteiger partial charge in [0, 0.05) is 79.4 Å². The second kappa shape index (κ2) is 33.9. The summed E-state index contributed by atoms with van der Waals surface area (Å²) in [5.41, 5.74) is 50.5. The third-order valence-corrected chi connectivity index (χ3v) is 35.3. The molecule has 8 nitrogen and oxygen atoms in total. The molecule has 0 radical (unpaired) electrons.